The maximum absolute atomic E-state index is 12.8. The summed E-state index contributed by atoms with van der Waals surface area (Å²) in [7, 11) is 1.60. The van der Waals surface area contributed by atoms with E-state index in [4.69, 9.17) is 9.84 Å². The molecule has 5 heteroatoms. The second-order valence-corrected chi connectivity index (χ2v) is 7.79. The number of benzene rings is 4. The van der Waals surface area contributed by atoms with Crippen molar-refractivity contribution in [2.45, 2.75) is 0 Å². The number of aromatic nitrogens is 2. The SMILES string of the molecule is COc1cccc(NC(=O)c2ccc(-n3nc(-c4ccccc4)cc3-c3ccccc3)cc2)c1. The Kier molecular flexibility index (Phi) is 5.91. The average molecular weight is 446 g/mol. The number of amides is 1. The van der Waals surface area contributed by atoms with Crippen LogP contribution >= 0.6 is 0 Å². The van der Waals surface area contributed by atoms with Crippen LogP contribution in [0.1, 0.15) is 10.4 Å². The summed E-state index contributed by atoms with van der Waals surface area (Å²) in [5.74, 6) is 0.503. The Hall–Kier alpha value is -4.64. The monoisotopic (exact) mass is 445 g/mol. The van der Waals surface area contributed by atoms with Crippen LogP contribution in [0.15, 0.2) is 115 Å². The lowest BCUT2D eigenvalue weighted by atomic mass is 10.1. The first-order valence-electron chi connectivity index (χ1n) is 11.0. The van der Waals surface area contributed by atoms with Crippen molar-refractivity contribution in [3.05, 3.63) is 121 Å². The minimum atomic E-state index is -0.187. The number of methoxy groups -OCH3 is 1. The summed E-state index contributed by atoms with van der Waals surface area (Å²) in [6.07, 6.45) is 0. The Morgan fingerprint density at radius 1 is 0.765 bits per heavy atom. The molecule has 1 amide bonds. The number of hydrogen-bond donors (Lipinski definition) is 1. The summed E-state index contributed by atoms with van der Waals surface area (Å²) in [6.45, 7) is 0. The van der Waals surface area contributed by atoms with Crippen molar-refractivity contribution in [3.63, 3.8) is 0 Å². The van der Waals surface area contributed by atoms with Crippen molar-refractivity contribution in [1.29, 1.82) is 0 Å². The number of ether oxygens (including phenoxy) is 1. The smallest absolute Gasteiger partial charge is 0.255 e. The Balaban J connectivity index is 1.46. The number of rotatable bonds is 6. The fourth-order valence-electron chi connectivity index (χ4n) is 3.80. The first-order valence-corrected chi connectivity index (χ1v) is 11.0. The summed E-state index contributed by atoms with van der Waals surface area (Å²) in [6, 6.07) is 37.1. The van der Waals surface area contributed by atoms with E-state index in [9.17, 15) is 4.79 Å². The summed E-state index contributed by atoms with van der Waals surface area (Å²) in [4.78, 5) is 12.8. The molecule has 1 heterocycles. The van der Waals surface area contributed by atoms with Gasteiger partial charge in [-0.25, -0.2) is 4.68 Å². The predicted molar refractivity (Wildman–Crippen MR) is 135 cm³/mol. The highest BCUT2D eigenvalue weighted by atomic mass is 16.5. The van der Waals surface area contributed by atoms with Crippen molar-refractivity contribution < 1.29 is 9.53 Å². The third-order valence-corrected chi connectivity index (χ3v) is 5.55. The van der Waals surface area contributed by atoms with Crippen molar-refractivity contribution >= 4 is 11.6 Å². The Bertz CT molecular complexity index is 1410. The first-order chi connectivity index (χ1) is 16.7. The molecule has 0 bridgehead atoms. The van der Waals surface area contributed by atoms with E-state index in [1.165, 1.54) is 0 Å². The van der Waals surface area contributed by atoms with Crippen LogP contribution in [0.3, 0.4) is 0 Å². The lowest BCUT2D eigenvalue weighted by molar-refractivity contribution is 0.102. The second-order valence-electron chi connectivity index (χ2n) is 7.79. The van der Waals surface area contributed by atoms with Gasteiger partial charge < -0.3 is 10.1 Å². The molecule has 0 spiro atoms. The molecule has 0 saturated heterocycles. The molecule has 166 valence electrons. The lowest BCUT2D eigenvalue weighted by Gasteiger charge is -2.10. The molecule has 0 fully saturated rings. The molecule has 0 atom stereocenters. The summed E-state index contributed by atoms with van der Waals surface area (Å²) in [5.41, 5.74) is 6.10. The van der Waals surface area contributed by atoms with Crippen molar-refractivity contribution in [2.75, 3.05) is 12.4 Å². The second kappa shape index (κ2) is 9.46. The molecule has 5 rings (SSSR count). The molecule has 1 aromatic heterocycles. The van der Waals surface area contributed by atoms with Gasteiger partial charge in [0.25, 0.3) is 5.91 Å². The molecule has 5 nitrogen and oxygen atoms in total. The van der Waals surface area contributed by atoms with Gasteiger partial charge in [0, 0.05) is 28.4 Å². The normalized spacial score (nSPS) is 10.6. The topological polar surface area (TPSA) is 56.1 Å². The molecule has 34 heavy (non-hydrogen) atoms. The molecule has 0 unspecified atom stereocenters. The quantitative estimate of drug-likeness (QED) is 0.326. The molecule has 0 radical (unpaired) electrons. The molecule has 0 aliphatic rings. The van der Waals surface area contributed by atoms with Gasteiger partial charge >= 0.3 is 0 Å². The molecular formula is C29H23N3O2. The van der Waals surface area contributed by atoms with Crippen LogP contribution in [-0.2, 0) is 0 Å². The molecule has 0 saturated carbocycles. The molecule has 1 N–H and O–H groups in total. The maximum atomic E-state index is 12.8. The van der Waals surface area contributed by atoms with Crippen LogP contribution in [0.25, 0.3) is 28.2 Å². The van der Waals surface area contributed by atoms with E-state index >= 15 is 0 Å². The standard InChI is InChI=1S/C29H23N3O2/c1-34-26-14-8-13-24(19-26)30-29(33)23-15-17-25(18-16-23)32-28(22-11-6-3-7-12-22)20-27(31-32)21-9-4-2-5-10-21/h2-20H,1H3,(H,30,33). The van der Waals surface area contributed by atoms with Crippen LogP contribution in [-0.4, -0.2) is 22.8 Å². The summed E-state index contributed by atoms with van der Waals surface area (Å²) < 4.78 is 7.15. The number of nitrogens with zero attached hydrogens (tertiary/aromatic N) is 2. The maximum Gasteiger partial charge on any atom is 0.255 e. The predicted octanol–water partition coefficient (Wildman–Crippen LogP) is 6.47. The van der Waals surface area contributed by atoms with Gasteiger partial charge in [0.2, 0.25) is 0 Å². The third-order valence-electron chi connectivity index (χ3n) is 5.55. The summed E-state index contributed by atoms with van der Waals surface area (Å²) in [5, 5.41) is 7.80. The van der Waals surface area contributed by atoms with Crippen molar-refractivity contribution in [1.82, 2.24) is 9.78 Å². The van der Waals surface area contributed by atoms with Crippen LogP contribution in [0.2, 0.25) is 0 Å². The molecule has 0 aliphatic carbocycles. The number of hydrogen-bond acceptors (Lipinski definition) is 3. The molecular weight excluding hydrogens is 422 g/mol. The Morgan fingerprint density at radius 3 is 2.12 bits per heavy atom. The Labute approximate surface area is 198 Å². The van der Waals surface area contributed by atoms with Gasteiger partial charge in [-0.15, -0.1) is 0 Å². The van der Waals surface area contributed by atoms with E-state index in [0.29, 0.717) is 17.0 Å². The Morgan fingerprint density at radius 2 is 1.44 bits per heavy atom. The molecule has 4 aromatic carbocycles. The highest BCUT2D eigenvalue weighted by molar-refractivity contribution is 6.04. The fourth-order valence-corrected chi connectivity index (χ4v) is 3.80. The fraction of sp³-hybridized carbons (Fsp3) is 0.0345. The van der Waals surface area contributed by atoms with Gasteiger partial charge in [0.05, 0.1) is 24.2 Å². The van der Waals surface area contributed by atoms with Crippen molar-refractivity contribution in [3.8, 4) is 34.0 Å². The number of carbonyl (C=O) groups excluding carboxylic acids is 1. The van der Waals surface area contributed by atoms with E-state index in [2.05, 4.69) is 23.5 Å². The first kappa shape index (κ1) is 21.2. The minimum Gasteiger partial charge on any atom is -0.497 e. The van der Waals surface area contributed by atoms with E-state index in [0.717, 1.165) is 28.2 Å². The lowest BCUT2D eigenvalue weighted by Crippen LogP contribution is -2.12. The van der Waals surface area contributed by atoms with E-state index < -0.39 is 0 Å². The third kappa shape index (κ3) is 4.45. The average Bonchev–Trinajstić information content (AvgIpc) is 3.35. The highest BCUT2D eigenvalue weighted by Gasteiger charge is 2.14. The zero-order valence-electron chi connectivity index (χ0n) is 18.7. The minimum absolute atomic E-state index is 0.187. The van der Waals surface area contributed by atoms with Gasteiger partial charge in [-0.2, -0.15) is 5.10 Å². The van der Waals surface area contributed by atoms with Crippen molar-refractivity contribution in [2.24, 2.45) is 0 Å². The van der Waals surface area contributed by atoms with E-state index in [-0.39, 0.29) is 5.91 Å². The van der Waals surface area contributed by atoms with Crippen LogP contribution in [0.5, 0.6) is 5.75 Å². The van der Waals surface area contributed by atoms with Crippen LogP contribution in [0.4, 0.5) is 5.69 Å². The van der Waals surface area contributed by atoms with Gasteiger partial charge in [-0.1, -0.05) is 66.7 Å². The largest absolute Gasteiger partial charge is 0.497 e. The van der Waals surface area contributed by atoms with Gasteiger partial charge in [0.1, 0.15) is 5.75 Å². The van der Waals surface area contributed by atoms with Crippen LogP contribution in [0, 0.1) is 0 Å². The van der Waals surface area contributed by atoms with Gasteiger partial charge in [-0.05, 0) is 42.5 Å². The zero-order chi connectivity index (χ0) is 23.3. The molecule has 5 aromatic rings. The number of carbonyl (C=O) groups is 1. The number of anilines is 1. The van der Waals surface area contributed by atoms with Crippen LogP contribution < -0.4 is 10.1 Å². The molecule has 0 aliphatic heterocycles. The van der Waals surface area contributed by atoms with Gasteiger partial charge in [-0.3, -0.25) is 4.79 Å². The van der Waals surface area contributed by atoms with E-state index in [1.807, 2.05) is 95.7 Å². The highest BCUT2D eigenvalue weighted by Crippen LogP contribution is 2.29. The summed E-state index contributed by atoms with van der Waals surface area (Å²) >= 11 is 0. The zero-order valence-corrected chi connectivity index (χ0v) is 18.7. The van der Waals surface area contributed by atoms with Gasteiger partial charge in [0.15, 0.2) is 0 Å². The van der Waals surface area contributed by atoms with E-state index in [1.54, 1.807) is 13.2 Å². The number of nitrogens with one attached hydrogen (secondary N) is 1.